The van der Waals surface area contributed by atoms with Crippen LogP contribution >= 0.6 is 0 Å². The van der Waals surface area contributed by atoms with E-state index in [2.05, 4.69) is 15.0 Å². The van der Waals surface area contributed by atoms with Crippen LogP contribution in [0.2, 0.25) is 0 Å². The summed E-state index contributed by atoms with van der Waals surface area (Å²) in [4.78, 5) is 34.8. The molecule has 0 aliphatic rings. The number of pyridine rings is 1. The maximum Gasteiger partial charge on any atom is 0.269 e. The first kappa shape index (κ1) is 28.6. The zero-order valence-electron chi connectivity index (χ0n) is 18.8. The molecule has 0 unspecified atom stereocenters. The number of nitrogens with zero attached hydrogens (tertiary/aromatic N) is 5. The van der Waals surface area contributed by atoms with Gasteiger partial charge in [0.15, 0.2) is 0 Å². The molecule has 0 bridgehead atoms. The zero-order chi connectivity index (χ0) is 23.4. The number of nitro benzene ring substituents is 2. The molecule has 0 aliphatic heterocycles. The maximum absolute atomic E-state index is 10.9. The largest absolute Gasteiger partial charge is 1.00 e. The number of hydrogen-bond donors (Lipinski definition) is 0. The van der Waals surface area contributed by atoms with Gasteiger partial charge < -0.3 is 12.4 Å². The summed E-state index contributed by atoms with van der Waals surface area (Å²) < 4.78 is 0. The summed E-state index contributed by atoms with van der Waals surface area (Å²) in [5, 5.41) is 21.9. The monoisotopic (exact) mass is 522 g/mol. The Morgan fingerprint density at radius 3 is 1.47 bits per heavy atom. The predicted octanol–water partition coefficient (Wildman–Crippen LogP) is 2.80. The number of non-ortho nitro benzene ring substituents is 2. The van der Waals surface area contributed by atoms with Crippen LogP contribution in [-0.4, -0.2) is 26.3 Å². The van der Waals surface area contributed by atoms with Crippen LogP contribution in [0.25, 0.3) is 0 Å². The first-order valence-electron chi connectivity index (χ1n) is 9.74. The Balaban J connectivity index is 0.00000289. The summed E-state index contributed by atoms with van der Waals surface area (Å²) in [6.07, 6.45) is 0. The summed E-state index contributed by atoms with van der Waals surface area (Å²) in [5.41, 5.74) is 5.30. The summed E-state index contributed by atoms with van der Waals surface area (Å²) in [6, 6.07) is 14.6. The molecule has 0 saturated heterocycles. The van der Waals surface area contributed by atoms with Gasteiger partial charge in [0.25, 0.3) is 11.4 Å². The molecule has 178 valence electrons. The van der Waals surface area contributed by atoms with Gasteiger partial charge in [0, 0.05) is 41.3 Å². The Kier molecular flexibility index (Phi) is 10.2. The normalized spacial score (nSPS) is 11.3. The molecule has 0 N–H and O–H groups in total. The van der Waals surface area contributed by atoms with Gasteiger partial charge >= 0.3 is 0 Å². The Hall–Kier alpha value is -3.46. The van der Waals surface area contributed by atoms with Gasteiger partial charge in [-0.1, -0.05) is 6.07 Å². The SMILES string of the molecule is CC(=Nc1ccc([N+](=O)[O-])cc1C)c1cccc(C(C)=Nc2ccc([N+](=O)[O-])cc2C)n1.[Cl-].[Fe]. The molecule has 1 aromatic heterocycles. The van der Waals surface area contributed by atoms with Crippen LogP contribution < -0.4 is 12.4 Å². The number of aryl methyl sites for hydroxylation is 2. The van der Waals surface area contributed by atoms with E-state index in [0.717, 1.165) is 0 Å². The van der Waals surface area contributed by atoms with Crippen molar-refractivity contribution in [3.8, 4) is 0 Å². The molecule has 34 heavy (non-hydrogen) atoms. The summed E-state index contributed by atoms with van der Waals surface area (Å²) in [6.45, 7) is 7.18. The van der Waals surface area contributed by atoms with E-state index in [1.807, 2.05) is 32.0 Å². The third-order valence-corrected chi connectivity index (χ3v) is 4.85. The van der Waals surface area contributed by atoms with Crippen molar-refractivity contribution < 1.29 is 39.3 Å². The Bertz CT molecular complexity index is 1200. The van der Waals surface area contributed by atoms with E-state index in [4.69, 9.17) is 0 Å². The van der Waals surface area contributed by atoms with E-state index in [0.29, 0.717) is 45.3 Å². The average Bonchev–Trinajstić information content (AvgIpc) is 2.76. The molecule has 0 fully saturated rings. The fourth-order valence-corrected chi connectivity index (χ4v) is 3.07. The number of halogens is 1. The molecule has 2 aromatic carbocycles. The molecule has 0 aliphatic carbocycles. The van der Waals surface area contributed by atoms with Crippen molar-refractivity contribution in [1.82, 2.24) is 4.98 Å². The van der Waals surface area contributed by atoms with Gasteiger partial charge in [-0.2, -0.15) is 0 Å². The first-order valence-corrected chi connectivity index (χ1v) is 9.74. The van der Waals surface area contributed by atoms with Crippen LogP contribution in [0.4, 0.5) is 22.7 Å². The minimum absolute atomic E-state index is 0. The van der Waals surface area contributed by atoms with Gasteiger partial charge in [-0.25, -0.2) is 4.98 Å². The molecule has 9 nitrogen and oxygen atoms in total. The molecule has 0 radical (unpaired) electrons. The molecule has 11 heteroatoms. The molecule has 0 spiro atoms. The van der Waals surface area contributed by atoms with Crippen LogP contribution in [0.5, 0.6) is 0 Å². The minimum Gasteiger partial charge on any atom is -1.00 e. The number of rotatable bonds is 6. The predicted molar refractivity (Wildman–Crippen MR) is 124 cm³/mol. The van der Waals surface area contributed by atoms with Crippen molar-refractivity contribution in [2.45, 2.75) is 27.7 Å². The Morgan fingerprint density at radius 2 is 1.15 bits per heavy atom. The summed E-state index contributed by atoms with van der Waals surface area (Å²) in [7, 11) is 0. The van der Waals surface area contributed by atoms with Gasteiger partial charge in [-0.05, 0) is 63.1 Å². The Morgan fingerprint density at radius 1 is 0.765 bits per heavy atom. The molecule has 0 atom stereocenters. The van der Waals surface area contributed by atoms with Crippen molar-refractivity contribution in [3.05, 3.63) is 97.3 Å². The Labute approximate surface area is 213 Å². The van der Waals surface area contributed by atoms with Crippen LogP contribution in [-0.2, 0) is 17.1 Å². The van der Waals surface area contributed by atoms with Gasteiger partial charge in [0.05, 0.1) is 44.0 Å². The van der Waals surface area contributed by atoms with E-state index in [-0.39, 0.29) is 40.9 Å². The van der Waals surface area contributed by atoms with E-state index in [9.17, 15) is 20.2 Å². The molecule has 0 amide bonds. The number of benzene rings is 2. The molecule has 0 saturated carbocycles. The quantitative estimate of drug-likeness (QED) is 0.213. The second-order valence-electron chi connectivity index (χ2n) is 7.26. The number of aromatic nitrogens is 1. The molecule has 1 heterocycles. The smallest absolute Gasteiger partial charge is 0.269 e. The third-order valence-electron chi connectivity index (χ3n) is 4.85. The van der Waals surface area contributed by atoms with Crippen LogP contribution in [0.3, 0.4) is 0 Å². The summed E-state index contributed by atoms with van der Waals surface area (Å²) in [5.74, 6) is 0. The molecular formula is C23H21ClFeN5O4-. The van der Waals surface area contributed by atoms with Crippen molar-refractivity contribution in [2.75, 3.05) is 0 Å². The van der Waals surface area contributed by atoms with Crippen LogP contribution in [0.15, 0.2) is 64.6 Å². The minimum atomic E-state index is -0.437. The van der Waals surface area contributed by atoms with Crippen molar-refractivity contribution >= 4 is 34.2 Å². The van der Waals surface area contributed by atoms with Crippen molar-refractivity contribution in [2.24, 2.45) is 9.98 Å². The average molecular weight is 523 g/mol. The van der Waals surface area contributed by atoms with Crippen LogP contribution in [0.1, 0.15) is 36.4 Å². The topological polar surface area (TPSA) is 124 Å². The molecule has 3 aromatic rings. The van der Waals surface area contributed by atoms with Crippen LogP contribution in [0, 0.1) is 34.1 Å². The second kappa shape index (κ2) is 12.1. The third kappa shape index (κ3) is 6.77. The van der Waals surface area contributed by atoms with E-state index >= 15 is 0 Å². The maximum atomic E-state index is 10.9. The van der Waals surface area contributed by atoms with Crippen molar-refractivity contribution in [1.29, 1.82) is 0 Å². The fourth-order valence-electron chi connectivity index (χ4n) is 3.07. The number of hydrogen-bond acceptors (Lipinski definition) is 7. The van der Waals surface area contributed by atoms with Gasteiger partial charge in [-0.3, -0.25) is 30.2 Å². The van der Waals surface area contributed by atoms with Gasteiger partial charge in [0.2, 0.25) is 0 Å². The molecule has 3 rings (SSSR count). The second-order valence-corrected chi connectivity index (χ2v) is 7.26. The molecular weight excluding hydrogens is 502 g/mol. The standard InChI is InChI=1S/C23H21N5O4.ClH.Fe/c1-14-12-18(27(29)30)8-10-20(14)24-16(3)22-6-5-7-23(26-22)17(4)25-21-11-9-19(28(31)32)13-15(21)2;;/h5-13H,1-4H3;1H;/p-1. The first-order chi connectivity index (χ1) is 15.2. The van der Waals surface area contributed by atoms with Gasteiger partial charge in [-0.15, -0.1) is 0 Å². The summed E-state index contributed by atoms with van der Waals surface area (Å²) >= 11 is 0. The number of aliphatic imine (C=N–C) groups is 2. The van der Waals surface area contributed by atoms with Crippen molar-refractivity contribution in [3.63, 3.8) is 0 Å². The zero-order valence-corrected chi connectivity index (χ0v) is 20.7. The van der Waals surface area contributed by atoms with Gasteiger partial charge in [0.1, 0.15) is 0 Å². The number of nitro groups is 2. The fraction of sp³-hybridized carbons (Fsp3) is 0.174. The van der Waals surface area contributed by atoms with E-state index in [1.165, 1.54) is 24.3 Å². The van der Waals surface area contributed by atoms with E-state index in [1.54, 1.807) is 26.0 Å². The van der Waals surface area contributed by atoms with E-state index < -0.39 is 9.85 Å².